The molecule has 0 radical (unpaired) electrons. The Hall–Kier alpha value is -4.25. The second-order valence-corrected chi connectivity index (χ2v) is 8.45. The molecule has 0 spiro atoms. The first-order valence-electron chi connectivity index (χ1n) is 11.6. The first kappa shape index (κ1) is 25.8. The Morgan fingerprint density at radius 1 is 1.03 bits per heavy atom. The third-order valence-corrected chi connectivity index (χ3v) is 6.13. The molecule has 1 N–H and O–H groups in total. The van der Waals surface area contributed by atoms with E-state index in [9.17, 15) is 18.8 Å². The van der Waals surface area contributed by atoms with Gasteiger partial charge in [-0.3, -0.25) is 9.59 Å². The molecular formula is C26H24FN3O6S. The van der Waals surface area contributed by atoms with Crippen LogP contribution in [0.15, 0.2) is 52.6 Å². The zero-order valence-electron chi connectivity index (χ0n) is 20.4. The highest BCUT2D eigenvalue weighted by molar-refractivity contribution is 7.16. The molecule has 0 bridgehead atoms. The molecular weight excluding hydrogens is 501 g/mol. The molecule has 0 aliphatic carbocycles. The standard InChI is InChI=1S/C26H24FN3O6S/c1-4-34-19-12-11-15(13-20(19)35-5-2)23(31)28-24-21-16(14-37-24)22(26(33)36-6-3)29-30(25(21)32)18-10-8-7-9-17(18)27/h7-14H,4-6H2,1-3H3,(H,28,31). The van der Waals surface area contributed by atoms with Crippen LogP contribution in [0, 0.1) is 5.82 Å². The molecule has 0 saturated heterocycles. The van der Waals surface area contributed by atoms with Crippen molar-refractivity contribution in [2.24, 2.45) is 0 Å². The van der Waals surface area contributed by atoms with E-state index in [1.807, 2.05) is 13.8 Å². The number of carbonyl (C=O) groups excluding carboxylic acids is 2. The molecule has 9 nitrogen and oxygen atoms in total. The predicted molar refractivity (Wildman–Crippen MR) is 138 cm³/mol. The lowest BCUT2D eigenvalue weighted by molar-refractivity contribution is 0.0519. The number of fused-ring (bicyclic) bond motifs is 1. The van der Waals surface area contributed by atoms with Crippen molar-refractivity contribution < 1.29 is 28.2 Å². The molecule has 0 aliphatic rings. The van der Waals surface area contributed by atoms with E-state index in [1.54, 1.807) is 31.2 Å². The van der Waals surface area contributed by atoms with Crippen LogP contribution in [-0.2, 0) is 4.74 Å². The van der Waals surface area contributed by atoms with Crippen LogP contribution in [0.5, 0.6) is 11.5 Å². The first-order valence-corrected chi connectivity index (χ1v) is 12.4. The highest BCUT2D eigenvalue weighted by Gasteiger charge is 2.24. The second kappa shape index (κ2) is 11.2. The van der Waals surface area contributed by atoms with Gasteiger partial charge in [0.2, 0.25) is 0 Å². The fourth-order valence-electron chi connectivity index (χ4n) is 3.65. The van der Waals surface area contributed by atoms with Crippen molar-refractivity contribution in [3.8, 4) is 17.2 Å². The van der Waals surface area contributed by atoms with Gasteiger partial charge in [-0.15, -0.1) is 11.3 Å². The van der Waals surface area contributed by atoms with Crippen LogP contribution in [0.4, 0.5) is 9.39 Å². The maximum Gasteiger partial charge on any atom is 0.359 e. The maximum absolute atomic E-state index is 14.6. The van der Waals surface area contributed by atoms with Gasteiger partial charge in [0.15, 0.2) is 17.2 Å². The third-order valence-electron chi connectivity index (χ3n) is 5.23. The van der Waals surface area contributed by atoms with Crippen LogP contribution in [0.1, 0.15) is 41.6 Å². The van der Waals surface area contributed by atoms with Gasteiger partial charge in [-0.05, 0) is 51.1 Å². The van der Waals surface area contributed by atoms with Crippen LogP contribution in [0.3, 0.4) is 0 Å². The number of amides is 1. The Bertz CT molecular complexity index is 1530. The van der Waals surface area contributed by atoms with Crippen molar-refractivity contribution in [1.82, 2.24) is 9.78 Å². The number of carbonyl (C=O) groups is 2. The van der Waals surface area contributed by atoms with E-state index in [-0.39, 0.29) is 39.3 Å². The monoisotopic (exact) mass is 525 g/mol. The number of halogens is 1. The Balaban J connectivity index is 1.82. The van der Waals surface area contributed by atoms with Gasteiger partial charge in [-0.1, -0.05) is 12.1 Å². The van der Waals surface area contributed by atoms with Crippen molar-refractivity contribution in [2.75, 3.05) is 25.1 Å². The summed E-state index contributed by atoms with van der Waals surface area (Å²) < 4.78 is 31.6. The number of hydrogen-bond acceptors (Lipinski definition) is 8. The minimum Gasteiger partial charge on any atom is -0.490 e. The third kappa shape index (κ3) is 5.17. The lowest BCUT2D eigenvalue weighted by atomic mass is 10.1. The summed E-state index contributed by atoms with van der Waals surface area (Å²) >= 11 is 1.04. The SMILES string of the molecule is CCOC(=O)c1nn(-c2ccccc2F)c(=O)c2c(NC(=O)c3ccc(OCC)c(OCC)c3)scc12. The van der Waals surface area contributed by atoms with Crippen LogP contribution >= 0.6 is 11.3 Å². The smallest absolute Gasteiger partial charge is 0.359 e. The molecule has 192 valence electrons. The van der Waals surface area contributed by atoms with Crippen LogP contribution < -0.4 is 20.3 Å². The Morgan fingerprint density at radius 3 is 2.46 bits per heavy atom. The fraction of sp³-hybridized carbons (Fsp3) is 0.231. The Morgan fingerprint density at radius 2 is 1.76 bits per heavy atom. The molecule has 2 aromatic carbocycles. The van der Waals surface area contributed by atoms with Gasteiger partial charge in [0.05, 0.1) is 25.2 Å². The van der Waals surface area contributed by atoms with E-state index in [0.717, 1.165) is 16.0 Å². The maximum atomic E-state index is 14.6. The lowest BCUT2D eigenvalue weighted by Crippen LogP contribution is -2.26. The summed E-state index contributed by atoms with van der Waals surface area (Å²) in [5.41, 5.74) is -0.749. The normalized spacial score (nSPS) is 10.8. The molecule has 0 aliphatic heterocycles. The van der Waals surface area contributed by atoms with E-state index in [1.165, 1.54) is 23.6 Å². The van der Waals surface area contributed by atoms with Gasteiger partial charge in [-0.2, -0.15) is 9.78 Å². The quantitative estimate of drug-likeness (QED) is 0.312. The summed E-state index contributed by atoms with van der Waals surface area (Å²) in [6.45, 7) is 6.17. The number of anilines is 1. The zero-order chi connectivity index (χ0) is 26.5. The largest absolute Gasteiger partial charge is 0.490 e. The van der Waals surface area contributed by atoms with E-state index >= 15 is 0 Å². The molecule has 0 unspecified atom stereocenters. The topological polar surface area (TPSA) is 109 Å². The van der Waals surface area contributed by atoms with E-state index in [0.29, 0.717) is 24.7 Å². The summed E-state index contributed by atoms with van der Waals surface area (Å²) in [7, 11) is 0. The average molecular weight is 526 g/mol. The second-order valence-electron chi connectivity index (χ2n) is 7.57. The molecule has 37 heavy (non-hydrogen) atoms. The number of aromatic nitrogens is 2. The van der Waals surface area contributed by atoms with Crippen molar-refractivity contribution in [1.29, 1.82) is 0 Å². The van der Waals surface area contributed by atoms with Gasteiger partial charge in [-0.25, -0.2) is 9.18 Å². The molecule has 2 aromatic heterocycles. The van der Waals surface area contributed by atoms with Gasteiger partial charge in [0.25, 0.3) is 11.5 Å². The van der Waals surface area contributed by atoms with Crippen molar-refractivity contribution in [2.45, 2.75) is 20.8 Å². The molecule has 4 aromatic rings. The number of para-hydroxylation sites is 1. The lowest BCUT2D eigenvalue weighted by Gasteiger charge is -2.12. The number of rotatable bonds is 9. The number of hydrogen-bond donors (Lipinski definition) is 1. The zero-order valence-corrected chi connectivity index (χ0v) is 21.2. The van der Waals surface area contributed by atoms with Gasteiger partial charge >= 0.3 is 5.97 Å². The summed E-state index contributed by atoms with van der Waals surface area (Å²) in [6.07, 6.45) is 0. The molecule has 1 amide bonds. The number of thiophene rings is 1. The summed E-state index contributed by atoms with van der Waals surface area (Å²) in [4.78, 5) is 39.3. The average Bonchev–Trinajstić information content (AvgIpc) is 3.30. The minimum absolute atomic E-state index is 0.00984. The summed E-state index contributed by atoms with van der Waals surface area (Å²) in [5.74, 6) is -1.09. The van der Waals surface area contributed by atoms with Crippen LogP contribution in [-0.4, -0.2) is 41.5 Å². The van der Waals surface area contributed by atoms with E-state index in [2.05, 4.69) is 10.4 Å². The van der Waals surface area contributed by atoms with Crippen LogP contribution in [0.25, 0.3) is 16.5 Å². The Labute approximate surface area is 215 Å². The van der Waals surface area contributed by atoms with Crippen molar-refractivity contribution in [3.63, 3.8) is 0 Å². The van der Waals surface area contributed by atoms with Gasteiger partial charge < -0.3 is 19.5 Å². The van der Waals surface area contributed by atoms with E-state index < -0.39 is 23.3 Å². The van der Waals surface area contributed by atoms with Gasteiger partial charge in [0.1, 0.15) is 16.5 Å². The number of ether oxygens (including phenoxy) is 3. The number of nitrogens with zero attached hydrogens (tertiary/aromatic N) is 2. The summed E-state index contributed by atoms with van der Waals surface area (Å²) in [6, 6.07) is 10.3. The van der Waals surface area contributed by atoms with Gasteiger partial charge in [0, 0.05) is 16.3 Å². The van der Waals surface area contributed by atoms with E-state index in [4.69, 9.17) is 14.2 Å². The molecule has 4 rings (SSSR count). The first-order chi connectivity index (χ1) is 17.9. The minimum atomic E-state index is -0.777. The van der Waals surface area contributed by atoms with Crippen LogP contribution in [0.2, 0.25) is 0 Å². The predicted octanol–water partition coefficient (Wildman–Crippen LogP) is 4.81. The fourth-order valence-corrected chi connectivity index (χ4v) is 4.58. The van der Waals surface area contributed by atoms with Crippen molar-refractivity contribution in [3.05, 3.63) is 75.3 Å². The Kier molecular flexibility index (Phi) is 7.83. The number of benzene rings is 2. The highest BCUT2D eigenvalue weighted by atomic mass is 32.1. The molecule has 0 atom stereocenters. The molecule has 0 saturated carbocycles. The number of esters is 1. The summed E-state index contributed by atoms with van der Waals surface area (Å²) in [5, 5.41) is 8.75. The number of nitrogens with one attached hydrogen (secondary N) is 1. The van der Waals surface area contributed by atoms with Crippen molar-refractivity contribution >= 4 is 39.0 Å². The highest BCUT2D eigenvalue weighted by Crippen LogP contribution is 2.33. The molecule has 11 heteroatoms. The molecule has 2 heterocycles. The molecule has 0 fully saturated rings.